The second-order valence-corrected chi connectivity index (χ2v) is 6.74. The van der Waals surface area contributed by atoms with Crippen molar-refractivity contribution in [3.05, 3.63) is 38.3 Å². The van der Waals surface area contributed by atoms with Crippen molar-refractivity contribution in [1.82, 2.24) is 10.2 Å². The van der Waals surface area contributed by atoms with Gasteiger partial charge in [0, 0.05) is 38.3 Å². The van der Waals surface area contributed by atoms with Crippen LogP contribution < -0.4 is 5.32 Å². The molecule has 1 saturated carbocycles. The highest BCUT2D eigenvalue weighted by molar-refractivity contribution is 9.10. The Balaban J connectivity index is 0.00000132. The molecule has 8 heteroatoms. The van der Waals surface area contributed by atoms with Gasteiger partial charge < -0.3 is 5.32 Å². The van der Waals surface area contributed by atoms with Crippen molar-refractivity contribution in [3.63, 3.8) is 0 Å². The SMILES string of the molecule is Cl.Cl.O=[N+]([O-])c1cc([C@H](C2CCC2)N2CCNCC2)ccc1Br. The van der Waals surface area contributed by atoms with Gasteiger partial charge in [-0.15, -0.1) is 24.8 Å². The third-order valence-corrected chi connectivity index (χ3v) is 5.32. The predicted molar refractivity (Wildman–Crippen MR) is 99.8 cm³/mol. The van der Waals surface area contributed by atoms with Gasteiger partial charge in [0.2, 0.25) is 0 Å². The Kier molecular flexibility index (Phi) is 8.24. The van der Waals surface area contributed by atoms with Crippen LogP contribution in [0.4, 0.5) is 5.69 Å². The van der Waals surface area contributed by atoms with E-state index in [2.05, 4.69) is 26.1 Å². The van der Waals surface area contributed by atoms with E-state index >= 15 is 0 Å². The van der Waals surface area contributed by atoms with E-state index in [4.69, 9.17) is 0 Å². The standard InChI is InChI=1S/C15H20BrN3O2.2ClH/c16-13-5-4-12(10-14(13)19(20)21)15(11-2-1-3-11)18-8-6-17-7-9-18;;/h4-5,10-11,15,17H,1-3,6-9H2;2*1H/t15-;;/m0../s1. The Morgan fingerprint density at radius 3 is 2.43 bits per heavy atom. The first-order chi connectivity index (χ1) is 10.2. The molecule has 1 atom stereocenters. The quantitative estimate of drug-likeness (QED) is 0.584. The van der Waals surface area contributed by atoms with Gasteiger partial charge in [0.25, 0.3) is 5.69 Å². The highest BCUT2D eigenvalue weighted by Crippen LogP contribution is 2.42. The summed E-state index contributed by atoms with van der Waals surface area (Å²) in [5, 5.41) is 14.6. The van der Waals surface area contributed by atoms with Crippen LogP contribution in [0.1, 0.15) is 30.9 Å². The fraction of sp³-hybridized carbons (Fsp3) is 0.600. The normalized spacial score (nSPS) is 19.9. The summed E-state index contributed by atoms with van der Waals surface area (Å²) in [5.41, 5.74) is 1.27. The maximum Gasteiger partial charge on any atom is 0.283 e. The summed E-state index contributed by atoms with van der Waals surface area (Å²) in [6.07, 6.45) is 3.75. The lowest BCUT2D eigenvalue weighted by molar-refractivity contribution is -0.385. The molecule has 1 aromatic rings. The van der Waals surface area contributed by atoms with Gasteiger partial charge >= 0.3 is 0 Å². The third kappa shape index (κ3) is 4.57. The van der Waals surface area contributed by atoms with Gasteiger partial charge in [-0.25, -0.2) is 0 Å². The zero-order valence-electron chi connectivity index (χ0n) is 12.7. The number of halogens is 3. The van der Waals surface area contributed by atoms with Crippen LogP contribution in [0, 0.1) is 16.0 Å². The summed E-state index contributed by atoms with van der Waals surface area (Å²) in [6, 6.07) is 5.95. The molecule has 0 bridgehead atoms. The summed E-state index contributed by atoms with van der Waals surface area (Å²) in [5.74, 6) is 0.642. The number of nitro benzene ring substituents is 1. The minimum Gasteiger partial charge on any atom is -0.314 e. The first-order valence-corrected chi connectivity index (χ1v) is 8.35. The van der Waals surface area contributed by atoms with E-state index < -0.39 is 0 Å². The molecule has 0 unspecified atom stereocenters. The van der Waals surface area contributed by atoms with Crippen molar-refractivity contribution >= 4 is 46.4 Å². The molecule has 2 aliphatic rings. The van der Waals surface area contributed by atoms with E-state index in [1.54, 1.807) is 6.07 Å². The van der Waals surface area contributed by atoms with Gasteiger partial charge in [-0.05, 0) is 46.3 Å². The molecule has 23 heavy (non-hydrogen) atoms. The molecule has 5 nitrogen and oxygen atoms in total. The second kappa shape index (κ2) is 9.18. The van der Waals surface area contributed by atoms with Crippen molar-refractivity contribution in [2.75, 3.05) is 26.2 Å². The Hall–Kier alpha value is -0.400. The second-order valence-electron chi connectivity index (χ2n) is 5.89. The highest BCUT2D eigenvalue weighted by atomic mass is 79.9. The van der Waals surface area contributed by atoms with Crippen LogP contribution in [0.3, 0.4) is 0 Å². The fourth-order valence-corrected chi connectivity index (χ4v) is 3.74. The van der Waals surface area contributed by atoms with Crippen LogP contribution in [0.2, 0.25) is 0 Å². The molecule has 1 aliphatic heterocycles. The molecule has 1 aromatic carbocycles. The summed E-state index contributed by atoms with van der Waals surface area (Å²) in [4.78, 5) is 13.4. The average molecular weight is 427 g/mol. The number of nitro groups is 1. The molecule has 3 rings (SSSR count). The minimum absolute atomic E-state index is 0. The fourth-order valence-electron chi connectivity index (χ4n) is 3.35. The Morgan fingerprint density at radius 1 is 1.26 bits per heavy atom. The first-order valence-electron chi connectivity index (χ1n) is 7.55. The van der Waals surface area contributed by atoms with Gasteiger partial charge in [-0.2, -0.15) is 0 Å². The van der Waals surface area contributed by atoms with Crippen molar-refractivity contribution in [1.29, 1.82) is 0 Å². The maximum atomic E-state index is 11.2. The van der Waals surface area contributed by atoms with E-state index in [0.717, 1.165) is 31.7 Å². The third-order valence-electron chi connectivity index (χ3n) is 4.65. The van der Waals surface area contributed by atoms with Crippen molar-refractivity contribution < 1.29 is 4.92 Å². The van der Waals surface area contributed by atoms with Gasteiger partial charge in [0.05, 0.1) is 9.40 Å². The van der Waals surface area contributed by atoms with E-state index in [9.17, 15) is 10.1 Å². The molecular weight excluding hydrogens is 405 g/mol. The summed E-state index contributed by atoms with van der Waals surface area (Å²) >= 11 is 3.28. The van der Waals surface area contributed by atoms with E-state index in [-0.39, 0.29) is 35.4 Å². The number of rotatable bonds is 4. The molecule has 130 valence electrons. The van der Waals surface area contributed by atoms with Gasteiger partial charge in [-0.1, -0.05) is 12.5 Å². The number of hydrogen-bond acceptors (Lipinski definition) is 4. The lowest BCUT2D eigenvalue weighted by atomic mass is 9.76. The zero-order valence-corrected chi connectivity index (χ0v) is 16.0. The number of benzene rings is 1. The van der Waals surface area contributed by atoms with Crippen LogP contribution in [0.15, 0.2) is 22.7 Å². The van der Waals surface area contributed by atoms with Gasteiger partial charge in [0.15, 0.2) is 0 Å². The molecule has 1 aliphatic carbocycles. The van der Waals surface area contributed by atoms with E-state index in [1.807, 2.05) is 12.1 Å². The molecular formula is C15H22BrCl2N3O2. The van der Waals surface area contributed by atoms with Crippen LogP contribution in [0.5, 0.6) is 0 Å². The Bertz CT molecular complexity index is 537. The number of piperazine rings is 1. The molecule has 1 N–H and O–H groups in total. The summed E-state index contributed by atoms with van der Waals surface area (Å²) in [6.45, 7) is 4.04. The minimum atomic E-state index is -0.302. The number of hydrogen-bond donors (Lipinski definition) is 1. The predicted octanol–water partition coefficient (Wildman–Crippen LogP) is 3.95. The molecule has 0 radical (unpaired) electrons. The number of nitrogens with one attached hydrogen (secondary N) is 1. The molecule has 2 fully saturated rings. The van der Waals surface area contributed by atoms with Crippen LogP contribution >= 0.6 is 40.7 Å². The van der Waals surface area contributed by atoms with Crippen LogP contribution in [0.25, 0.3) is 0 Å². The van der Waals surface area contributed by atoms with Crippen LogP contribution in [-0.2, 0) is 0 Å². The molecule has 0 amide bonds. The van der Waals surface area contributed by atoms with E-state index in [1.165, 1.54) is 19.3 Å². The lowest BCUT2D eigenvalue weighted by Gasteiger charge is -2.43. The molecule has 1 saturated heterocycles. The molecule has 1 heterocycles. The average Bonchev–Trinajstić information content (AvgIpc) is 2.44. The summed E-state index contributed by atoms with van der Waals surface area (Å²) < 4.78 is 0.559. The largest absolute Gasteiger partial charge is 0.314 e. The maximum absolute atomic E-state index is 11.2. The monoisotopic (exact) mass is 425 g/mol. The topological polar surface area (TPSA) is 58.4 Å². The Morgan fingerprint density at radius 2 is 1.91 bits per heavy atom. The van der Waals surface area contributed by atoms with Crippen molar-refractivity contribution in [2.24, 2.45) is 5.92 Å². The Labute approximate surface area is 157 Å². The smallest absolute Gasteiger partial charge is 0.283 e. The van der Waals surface area contributed by atoms with Crippen molar-refractivity contribution in [3.8, 4) is 0 Å². The zero-order chi connectivity index (χ0) is 14.8. The highest BCUT2D eigenvalue weighted by Gasteiger charge is 2.34. The molecule has 0 aromatic heterocycles. The molecule has 0 spiro atoms. The van der Waals surface area contributed by atoms with E-state index in [0.29, 0.717) is 16.4 Å². The van der Waals surface area contributed by atoms with Gasteiger partial charge in [0.1, 0.15) is 0 Å². The lowest BCUT2D eigenvalue weighted by Crippen LogP contribution is -2.47. The number of nitrogens with zero attached hydrogens (tertiary/aromatic N) is 2. The van der Waals surface area contributed by atoms with Crippen molar-refractivity contribution in [2.45, 2.75) is 25.3 Å². The first kappa shape index (κ1) is 20.6. The summed E-state index contributed by atoms with van der Waals surface area (Å²) in [7, 11) is 0. The van der Waals surface area contributed by atoms with Crippen LogP contribution in [-0.4, -0.2) is 36.0 Å². The van der Waals surface area contributed by atoms with Gasteiger partial charge in [-0.3, -0.25) is 15.0 Å².